The smallest absolute Gasteiger partial charge is 0.254 e. The number of phenolic OH excluding ortho intramolecular Hbond substituents is 1. The highest BCUT2D eigenvalue weighted by molar-refractivity contribution is 5.95. The van der Waals surface area contributed by atoms with E-state index in [-0.39, 0.29) is 11.7 Å². The molecule has 6 heteroatoms. The number of nitrogens with zero attached hydrogens (tertiary/aromatic N) is 4. The summed E-state index contributed by atoms with van der Waals surface area (Å²) >= 11 is 0. The van der Waals surface area contributed by atoms with Crippen LogP contribution >= 0.6 is 0 Å². The summed E-state index contributed by atoms with van der Waals surface area (Å²) in [6.07, 6.45) is 8.48. The Morgan fingerprint density at radius 1 is 1.00 bits per heavy atom. The van der Waals surface area contributed by atoms with Gasteiger partial charge in [0, 0.05) is 30.4 Å². The van der Waals surface area contributed by atoms with Gasteiger partial charge in [-0.25, -0.2) is 4.98 Å². The summed E-state index contributed by atoms with van der Waals surface area (Å²) in [7, 11) is 0. The fourth-order valence-electron chi connectivity index (χ4n) is 3.79. The van der Waals surface area contributed by atoms with Gasteiger partial charge in [-0.3, -0.25) is 14.2 Å². The van der Waals surface area contributed by atoms with E-state index in [1.165, 1.54) is 6.07 Å². The van der Waals surface area contributed by atoms with Crippen LogP contribution < -0.4 is 0 Å². The molecule has 0 unspecified atom stereocenters. The van der Waals surface area contributed by atoms with E-state index in [1.807, 2.05) is 42.7 Å². The summed E-state index contributed by atoms with van der Waals surface area (Å²) in [6, 6.07) is 16.5. The Bertz CT molecular complexity index is 1260. The number of rotatable bonds is 3. The molecule has 5 rings (SSSR count). The van der Waals surface area contributed by atoms with Crippen LogP contribution in [0, 0.1) is 0 Å². The van der Waals surface area contributed by atoms with Crippen LogP contribution in [0.25, 0.3) is 22.5 Å². The van der Waals surface area contributed by atoms with Crippen LogP contribution in [-0.2, 0) is 0 Å². The Kier molecular flexibility index (Phi) is 4.52. The minimum atomic E-state index is -0.0742. The first-order chi connectivity index (χ1) is 14.7. The van der Waals surface area contributed by atoms with Gasteiger partial charge in [-0.05, 0) is 30.2 Å². The topological polar surface area (TPSA) is 70.7 Å². The number of amides is 1. The third-order valence-electron chi connectivity index (χ3n) is 5.38. The summed E-state index contributed by atoms with van der Waals surface area (Å²) in [5, 5.41) is 9.64. The maximum atomic E-state index is 12.7. The molecule has 1 aliphatic rings. The minimum Gasteiger partial charge on any atom is -0.508 e. The normalized spacial score (nSPS) is 14.0. The van der Waals surface area contributed by atoms with Crippen LogP contribution in [0.15, 0.2) is 79.3 Å². The molecule has 2 aromatic carbocycles. The molecule has 0 atom stereocenters. The zero-order valence-corrected chi connectivity index (χ0v) is 16.3. The van der Waals surface area contributed by atoms with Gasteiger partial charge in [0.1, 0.15) is 5.75 Å². The van der Waals surface area contributed by atoms with Crippen molar-refractivity contribution in [3.8, 4) is 17.0 Å². The molecule has 0 spiro atoms. The molecule has 0 aliphatic carbocycles. The second-order valence-corrected chi connectivity index (χ2v) is 7.29. The summed E-state index contributed by atoms with van der Waals surface area (Å²) in [6.45, 7) is 1.14. The number of hydrogen-bond donors (Lipinski definition) is 1. The van der Waals surface area contributed by atoms with Gasteiger partial charge in [0.25, 0.3) is 5.91 Å². The maximum absolute atomic E-state index is 12.7. The van der Waals surface area contributed by atoms with E-state index in [1.54, 1.807) is 29.3 Å². The highest BCUT2D eigenvalue weighted by Gasteiger charge is 2.21. The molecule has 0 radical (unpaired) electrons. The third kappa shape index (κ3) is 3.33. The standard InChI is InChI=1S/C24H20N4O2/c29-20-8-4-7-19(13-20)24(30)27-11-9-18(10-12-27)22-14-26-23-15-25-21(16-28(22)23)17-5-2-1-3-6-17/h1-9,13-16,29H,10-12H2. The number of fused-ring (bicyclic) bond motifs is 1. The van der Waals surface area contributed by atoms with Gasteiger partial charge in [0.05, 0.1) is 23.8 Å². The number of carbonyl (C=O) groups excluding carboxylic acids is 1. The van der Waals surface area contributed by atoms with Gasteiger partial charge >= 0.3 is 0 Å². The Morgan fingerprint density at radius 3 is 2.63 bits per heavy atom. The first-order valence-corrected chi connectivity index (χ1v) is 9.85. The highest BCUT2D eigenvalue weighted by Crippen LogP contribution is 2.26. The second-order valence-electron chi connectivity index (χ2n) is 7.29. The molecule has 0 fully saturated rings. The molecule has 1 aliphatic heterocycles. The molecule has 1 N–H and O–H groups in total. The zero-order valence-electron chi connectivity index (χ0n) is 16.3. The first-order valence-electron chi connectivity index (χ1n) is 9.85. The van der Waals surface area contributed by atoms with Crippen LogP contribution in [-0.4, -0.2) is 43.4 Å². The summed E-state index contributed by atoms with van der Waals surface area (Å²) in [5.74, 6) is 0.0255. The van der Waals surface area contributed by atoms with Crippen molar-refractivity contribution in [2.24, 2.45) is 0 Å². The van der Waals surface area contributed by atoms with E-state index >= 15 is 0 Å². The average molecular weight is 396 g/mol. The van der Waals surface area contributed by atoms with E-state index in [2.05, 4.69) is 20.4 Å². The Balaban J connectivity index is 1.42. The fraction of sp³-hybridized carbons (Fsp3) is 0.125. The Labute approximate surface area is 173 Å². The van der Waals surface area contributed by atoms with Gasteiger partial charge in [-0.15, -0.1) is 0 Å². The van der Waals surface area contributed by atoms with E-state index < -0.39 is 0 Å². The van der Waals surface area contributed by atoms with Crippen LogP contribution in [0.4, 0.5) is 0 Å². The number of aromatic nitrogens is 3. The van der Waals surface area contributed by atoms with E-state index in [0.717, 1.165) is 34.6 Å². The van der Waals surface area contributed by atoms with Crippen LogP contribution in [0.1, 0.15) is 22.5 Å². The van der Waals surface area contributed by atoms with Gasteiger partial charge < -0.3 is 10.0 Å². The molecule has 3 heterocycles. The molecule has 0 saturated heterocycles. The maximum Gasteiger partial charge on any atom is 0.254 e. The molecule has 0 bridgehead atoms. The molecule has 0 saturated carbocycles. The first kappa shape index (κ1) is 18.1. The number of phenols is 1. The fourth-order valence-corrected chi connectivity index (χ4v) is 3.79. The largest absolute Gasteiger partial charge is 0.508 e. The van der Waals surface area contributed by atoms with Crippen molar-refractivity contribution in [1.82, 2.24) is 19.3 Å². The predicted octanol–water partition coefficient (Wildman–Crippen LogP) is 4.03. The van der Waals surface area contributed by atoms with Gasteiger partial charge in [0.2, 0.25) is 0 Å². The monoisotopic (exact) mass is 396 g/mol. The van der Waals surface area contributed by atoms with E-state index in [4.69, 9.17) is 0 Å². The lowest BCUT2D eigenvalue weighted by Gasteiger charge is -2.26. The molecule has 6 nitrogen and oxygen atoms in total. The van der Waals surface area contributed by atoms with Crippen LogP contribution in [0.2, 0.25) is 0 Å². The molecule has 4 aromatic rings. The predicted molar refractivity (Wildman–Crippen MR) is 115 cm³/mol. The van der Waals surface area contributed by atoms with Crippen molar-refractivity contribution in [2.45, 2.75) is 6.42 Å². The van der Waals surface area contributed by atoms with Crippen molar-refractivity contribution >= 4 is 17.1 Å². The third-order valence-corrected chi connectivity index (χ3v) is 5.38. The summed E-state index contributed by atoms with van der Waals surface area (Å²) in [5.41, 5.74) is 5.42. The SMILES string of the molecule is O=C(c1cccc(O)c1)N1CC=C(c2cnc3cnc(-c4ccccc4)cn23)CC1. The summed E-state index contributed by atoms with van der Waals surface area (Å²) in [4.78, 5) is 23.5. The number of hydrogen-bond acceptors (Lipinski definition) is 4. The number of aromatic hydroxyl groups is 1. The Morgan fingerprint density at radius 2 is 1.87 bits per heavy atom. The summed E-state index contributed by atoms with van der Waals surface area (Å²) < 4.78 is 2.06. The van der Waals surface area contributed by atoms with Crippen LogP contribution in [0.5, 0.6) is 5.75 Å². The molecular formula is C24H20N4O2. The van der Waals surface area contributed by atoms with Crippen molar-refractivity contribution in [2.75, 3.05) is 13.1 Å². The quantitative estimate of drug-likeness (QED) is 0.568. The lowest BCUT2D eigenvalue weighted by atomic mass is 10.0. The van der Waals surface area contributed by atoms with E-state index in [0.29, 0.717) is 18.7 Å². The van der Waals surface area contributed by atoms with Gasteiger partial charge in [0.15, 0.2) is 5.65 Å². The molecular weight excluding hydrogens is 376 g/mol. The second kappa shape index (κ2) is 7.48. The van der Waals surface area contributed by atoms with Gasteiger partial charge in [-0.1, -0.05) is 42.5 Å². The molecule has 2 aromatic heterocycles. The van der Waals surface area contributed by atoms with E-state index in [9.17, 15) is 9.90 Å². The molecule has 148 valence electrons. The lowest BCUT2D eigenvalue weighted by Crippen LogP contribution is -2.34. The average Bonchev–Trinajstić information content (AvgIpc) is 3.22. The number of benzene rings is 2. The molecule has 1 amide bonds. The lowest BCUT2D eigenvalue weighted by molar-refractivity contribution is 0.0772. The van der Waals surface area contributed by atoms with Crippen LogP contribution in [0.3, 0.4) is 0 Å². The number of carbonyl (C=O) groups is 1. The highest BCUT2D eigenvalue weighted by atomic mass is 16.3. The van der Waals surface area contributed by atoms with Crippen molar-refractivity contribution in [1.29, 1.82) is 0 Å². The number of imidazole rings is 1. The van der Waals surface area contributed by atoms with Crippen molar-refractivity contribution in [3.05, 3.63) is 90.5 Å². The van der Waals surface area contributed by atoms with Crippen molar-refractivity contribution in [3.63, 3.8) is 0 Å². The van der Waals surface area contributed by atoms with Gasteiger partial charge in [-0.2, -0.15) is 0 Å². The Hall–Kier alpha value is -3.93. The minimum absolute atomic E-state index is 0.0742. The van der Waals surface area contributed by atoms with Crippen molar-refractivity contribution < 1.29 is 9.90 Å². The molecule has 30 heavy (non-hydrogen) atoms. The zero-order chi connectivity index (χ0) is 20.5.